The molecule has 0 aliphatic carbocycles. The van der Waals surface area contributed by atoms with E-state index < -0.39 is 0 Å². The molecule has 0 radical (unpaired) electrons. The number of benzene rings is 1. The van der Waals surface area contributed by atoms with Crippen molar-refractivity contribution in [2.24, 2.45) is 0 Å². The first-order chi connectivity index (χ1) is 11.2. The van der Waals surface area contributed by atoms with Crippen molar-refractivity contribution in [2.75, 3.05) is 33.4 Å². The molecule has 1 heterocycles. The van der Waals surface area contributed by atoms with Gasteiger partial charge in [0.05, 0.1) is 30.1 Å². The van der Waals surface area contributed by atoms with E-state index in [0.29, 0.717) is 25.4 Å². The topological polar surface area (TPSA) is 81.1 Å². The van der Waals surface area contributed by atoms with Crippen molar-refractivity contribution < 1.29 is 9.53 Å². The number of carbonyl (C=O) groups excluding carboxylic acids is 1. The van der Waals surface area contributed by atoms with Crippen LogP contribution in [0.3, 0.4) is 0 Å². The summed E-state index contributed by atoms with van der Waals surface area (Å²) in [5, 5.41) is 14.3. The Bertz CT molecular complexity index is 612. The minimum atomic E-state index is -0.0539. The zero-order valence-corrected chi connectivity index (χ0v) is 13.6. The van der Waals surface area contributed by atoms with Gasteiger partial charge in [-0.1, -0.05) is 23.4 Å². The van der Waals surface area contributed by atoms with Crippen LogP contribution >= 0.6 is 0 Å². The van der Waals surface area contributed by atoms with Crippen LogP contribution in [0, 0.1) is 6.92 Å². The molecule has 0 unspecified atom stereocenters. The molecule has 7 heteroatoms. The largest absolute Gasteiger partial charge is 0.383 e. The van der Waals surface area contributed by atoms with Crippen LogP contribution in [-0.4, -0.2) is 54.3 Å². The van der Waals surface area contributed by atoms with E-state index in [1.54, 1.807) is 11.8 Å². The number of rotatable bonds is 9. The Balaban J connectivity index is 1.82. The molecular weight excluding hydrogens is 294 g/mol. The summed E-state index contributed by atoms with van der Waals surface area (Å²) in [5.41, 5.74) is 2.51. The van der Waals surface area contributed by atoms with E-state index in [1.165, 1.54) is 0 Å². The maximum absolute atomic E-state index is 12.0. The number of ether oxygens (including phenoxy) is 1. The molecule has 0 spiro atoms. The number of carbonyl (C=O) groups is 1. The fraction of sp³-hybridized carbons (Fsp3) is 0.438. The second-order valence-corrected chi connectivity index (χ2v) is 5.14. The lowest BCUT2D eigenvalue weighted by Gasteiger charge is -2.06. The standard InChI is InChI=1S/C16H23N5O2/c1-13-15(12-16(22)18-9-8-17-10-11-23-2)19-20-21(13)14-6-4-3-5-7-14/h3-7,17H,8-12H2,1-2H3,(H,18,22). The monoisotopic (exact) mass is 317 g/mol. The molecule has 0 bridgehead atoms. The first-order valence-corrected chi connectivity index (χ1v) is 7.65. The molecule has 2 aromatic rings. The first-order valence-electron chi connectivity index (χ1n) is 7.65. The minimum Gasteiger partial charge on any atom is -0.383 e. The van der Waals surface area contributed by atoms with E-state index in [4.69, 9.17) is 4.74 Å². The minimum absolute atomic E-state index is 0.0539. The van der Waals surface area contributed by atoms with Crippen LogP contribution in [0.1, 0.15) is 11.4 Å². The highest BCUT2D eigenvalue weighted by atomic mass is 16.5. The summed E-state index contributed by atoms with van der Waals surface area (Å²) < 4.78 is 6.68. The smallest absolute Gasteiger partial charge is 0.226 e. The van der Waals surface area contributed by atoms with E-state index in [-0.39, 0.29) is 12.3 Å². The maximum atomic E-state index is 12.0. The molecule has 1 aromatic carbocycles. The molecule has 0 saturated heterocycles. The Morgan fingerprint density at radius 2 is 2.00 bits per heavy atom. The summed E-state index contributed by atoms with van der Waals surface area (Å²) in [6, 6.07) is 9.75. The quantitative estimate of drug-likeness (QED) is 0.657. The SMILES string of the molecule is COCCNCCNC(=O)Cc1nnn(-c2ccccc2)c1C. The lowest BCUT2D eigenvalue weighted by molar-refractivity contribution is -0.120. The third-order valence-corrected chi connectivity index (χ3v) is 3.43. The predicted molar refractivity (Wildman–Crippen MR) is 87.6 cm³/mol. The van der Waals surface area contributed by atoms with E-state index in [0.717, 1.165) is 17.9 Å². The molecule has 0 saturated carbocycles. The second-order valence-electron chi connectivity index (χ2n) is 5.14. The summed E-state index contributed by atoms with van der Waals surface area (Å²) in [7, 11) is 1.66. The Morgan fingerprint density at radius 3 is 2.74 bits per heavy atom. The second kappa shape index (κ2) is 9.02. The van der Waals surface area contributed by atoms with Gasteiger partial charge in [-0.15, -0.1) is 5.10 Å². The lowest BCUT2D eigenvalue weighted by Crippen LogP contribution is -2.34. The lowest BCUT2D eigenvalue weighted by atomic mass is 10.2. The number of hydrogen-bond acceptors (Lipinski definition) is 5. The molecule has 0 atom stereocenters. The van der Waals surface area contributed by atoms with Gasteiger partial charge >= 0.3 is 0 Å². The molecule has 0 aliphatic rings. The van der Waals surface area contributed by atoms with Gasteiger partial charge in [-0.25, -0.2) is 4.68 Å². The number of para-hydroxylation sites is 1. The van der Waals surface area contributed by atoms with Gasteiger partial charge in [0.2, 0.25) is 5.91 Å². The van der Waals surface area contributed by atoms with Crippen molar-refractivity contribution in [1.82, 2.24) is 25.6 Å². The Morgan fingerprint density at radius 1 is 1.22 bits per heavy atom. The zero-order chi connectivity index (χ0) is 16.5. The van der Waals surface area contributed by atoms with Crippen molar-refractivity contribution in [1.29, 1.82) is 0 Å². The van der Waals surface area contributed by atoms with Crippen molar-refractivity contribution in [3.63, 3.8) is 0 Å². The number of aromatic nitrogens is 3. The highest BCUT2D eigenvalue weighted by molar-refractivity contribution is 5.78. The van der Waals surface area contributed by atoms with Crippen LogP contribution in [0.2, 0.25) is 0 Å². The third kappa shape index (κ3) is 5.15. The van der Waals surface area contributed by atoms with Crippen LogP contribution < -0.4 is 10.6 Å². The first kappa shape index (κ1) is 17.1. The number of nitrogens with one attached hydrogen (secondary N) is 2. The fourth-order valence-corrected chi connectivity index (χ4v) is 2.14. The molecule has 2 N–H and O–H groups in total. The van der Waals surface area contributed by atoms with E-state index >= 15 is 0 Å². The average Bonchev–Trinajstić information content (AvgIpc) is 2.92. The van der Waals surface area contributed by atoms with Gasteiger partial charge in [-0.2, -0.15) is 0 Å². The molecular formula is C16H23N5O2. The van der Waals surface area contributed by atoms with E-state index in [2.05, 4.69) is 20.9 Å². The van der Waals surface area contributed by atoms with Gasteiger partial charge in [0.15, 0.2) is 0 Å². The average molecular weight is 317 g/mol. The van der Waals surface area contributed by atoms with Crippen molar-refractivity contribution in [3.8, 4) is 5.69 Å². The highest BCUT2D eigenvalue weighted by Crippen LogP contribution is 2.11. The van der Waals surface area contributed by atoms with Gasteiger partial charge < -0.3 is 15.4 Å². The fourth-order valence-electron chi connectivity index (χ4n) is 2.14. The summed E-state index contributed by atoms with van der Waals surface area (Å²) in [6.45, 7) is 4.65. The molecule has 124 valence electrons. The van der Waals surface area contributed by atoms with Crippen LogP contribution in [-0.2, 0) is 16.0 Å². The molecule has 7 nitrogen and oxygen atoms in total. The van der Waals surface area contributed by atoms with E-state index in [1.807, 2.05) is 37.3 Å². The summed E-state index contributed by atoms with van der Waals surface area (Å²) in [5.74, 6) is -0.0539. The Kier molecular flexibility index (Phi) is 6.71. The van der Waals surface area contributed by atoms with Crippen LogP contribution in [0.15, 0.2) is 30.3 Å². The molecule has 1 aromatic heterocycles. The molecule has 0 aliphatic heterocycles. The molecule has 1 amide bonds. The predicted octanol–water partition coefficient (Wildman–Crippen LogP) is 0.470. The van der Waals surface area contributed by atoms with Gasteiger partial charge in [0, 0.05) is 26.7 Å². The van der Waals surface area contributed by atoms with Gasteiger partial charge in [0.25, 0.3) is 0 Å². The highest BCUT2D eigenvalue weighted by Gasteiger charge is 2.13. The van der Waals surface area contributed by atoms with Crippen LogP contribution in [0.5, 0.6) is 0 Å². The van der Waals surface area contributed by atoms with E-state index in [9.17, 15) is 4.79 Å². The van der Waals surface area contributed by atoms with Gasteiger partial charge in [-0.05, 0) is 19.1 Å². The number of amides is 1. The van der Waals surface area contributed by atoms with Crippen molar-refractivity contribution in [3.05, 3.63) is 41.7 Å². The summed E-state index contributed by atoms with van der Waals surface area (Å²) >= 11 is 0. The number of hydrogen-bond donors (Lipinski definition) is 2. The van der Waals surface area contributed by atoms with Crippen LogP contribution in [0.4, 0.5) is 0 Å². The summed E-state index contributed by atoms with van der Waals surface area (Å²) in [4.78, 5) is 12.0. The maximum Gasteiger partial charge on any atom is 0.226 e. The number of methoxy groups -OCH3 is 1. The zero-order valence-electron chi connectivity index (χ0n) is 13.6. The number of nitrogens with zero attached hydrogens (tertiary/aromatic N) is 3. The van der Waals surface area contributed by atoms with Gasteiger partial charge in [0.1, 0.15) is 0 Å². The molecule has 2 rings (SSSR count). The van der Waals surface area contributed by atoms with Gasteiger partial charge in [-0.3, -0.25) is 4.79 Å². The van der Waals surface area contributed by atoms with Crippen molar-refractivity contribution in [2.45, 2.75) is 13.3 Å². The molecule has 23 heavy (non-hydrogen) atoms. The van der Waals surface area contributed by atoms with Crippen LogP contribution in [0.25, 0.3) is 5.69 Å². The normalized spacial score (nSPS) is 10.7. The third-order valence-electron chi connectivity index (χ3n) is 3.43. The molecule has 0 fully saturated rings. The van der Waals surface area contributed by atoms with Crippen molar-refractivity contribution >= 4 is 5.91 Å². The Labute approximate surface area is 136 Å². The Hall–Kier alpha value is -2.25. The summed E-state index contributed by atoms with van der Waals surface area (Å²) in [6.07, 6.45) is 0.233.